The van der Waals surface area contributed by atoms with Crippen LogP contribution in [-0.2, 0) is 26.2 Å². The van der Waals surface area contributed by atoms with Crippen LogP contribution in [0.5, 0.6) is 0 Å². The number of imidazole rings is 4. The first-order valence-electron chi connectivity index (χ1n) is 15.6. The number of aromatic nitrogens is 8. The summed E-state index contributed by atoms with van der Waals surface area (Å²) in [4.78, 5) is 16.8. The van der Waals surface area contributed by atoms with E-state index in [2.05, 4.69) is 63.0 Å². The molecule has 12 nitrogen and oxygen atoms in total. The maximum atomic E-state index is 4.21. The van der Waals surface area contributed by atoms with E-state index < -0.39 is 0 Å². The lowest BCUT2D eigenvalue weighted by molar-refractivity contribution is -0.662. The summed E-state index contributed by atoms with van der Waals surface area (Å²) in [5.74, 6) is 12.8. The molecule has 12 heteroatoms. The Morgan fingerprint density at radius 3 is 0.659 bits per heavy atom. The molecule has 12 aliphatic rings. The molecule has 12 saturated carbocycles. The lowest BCUT2D eigenvalue weighted by atomic mass is 8.92. The van der Waals surface area contributed by atoms with E-state index in [1.807, 2.05) is 50.1 Å². The van der Waals surface area contributed by atoms with E-state index in [0.29, 0.717) is 0 Å². The highest BCUT2D eigenvalue weighted by Crippen LogP contribution is 3.11. The Bertz CT molecular complexity index is 1370. The second-order valence-corrected chi connectivity index (χ2v) is 15.7. The second-order valence-electron chi connectivity index (χ2n) is 15.7. The first kappa shape index (κ1) is 27.0. The minimum atomic E-state index is 0. The lowest BCUT2D eigenvalue weighted by Gasteiger charge is -3.12. The number of nitrogens with zero attached hydrogens (tertiary/aromatic N) is 8. The molecule has 0 atom stereocenters. The van der Waals surface area contributed by atoms with Gasteiger partial charge in [-0.3, -0.25) is 0 Å². The normalized spacial score (nSPS) is 52.5. The van der Waals surface area contributed by atoms with Gasteiger partial charge in [-0.2, -0.15) is 0 Å². The maximum Gasteiger partial charge on any atom is 0.0946 e. The molecule has 0 spiro atoms. The van der Waals surface area contributed by atoms with Crippen molar-refractivity contribution < 1.29 is 21.9 Å². The molecule has 4 aromatic rings. The van der Waals surface area contributed by atoms with E-state index in [1.54, 1.807) is 0 Å². The summed E-state index contributed by atoms with van der Waals surface area (Å²) < 4.78 is 9.29. The summed E-state index contributed by atoms with van der Waals surface area (Å²) in [6.45, 7) is 4.99. The fourth-order valence-corrected chi connectivity index (χ4v) is 16.0. The Kier molecular flexibility index (Phi) is 4.64. The summed E-state index contributed by atoms with van der Waals surface area (Å²) in [5, 5.41) is 0. The lowest BCUT2D eigenvalue weighted by Crippen LogP contribution is -3.10. The molecule has 0 radical (unpaired) electrons. The Hall–Kier alpha value is -3.32. The predicted octanol–water partition coefficient (Wildman–Crippen LogP) is -0.263. The summed E-state index contributed by atoms with van der Waals surface area (Å²) in [7, 11) is 0. The van der Waals surface area contributed by atoms with Gasteiger partial charge in [0.15, 0.2) is 0 Å². The zero-order valence-corrected chi connectivity index (χ0v) is 24.3. The van der Waals surface area contributed by atoms with E-state index in [0.717, 1.165) is 92.7 Å². The van der Waals surface area contributed by atoms with Crippen molar-refractivity contribution >= 4 is 0 Å². The van der Waals surface area contributed by atoms with Gasteiger partial charge < -0.3 is 40.2 Å². The predicted molar refractivity (Wildman–Crippen MR) is 155 cm³/mol. The third-order valence-electron chi connectivity index (χ3n) is 16.2. The van der Waals surface area contributed by atoms with Crippen molar-refractivity contribution in [2.75, 3.05) is 0 Å². The van der Waals surface area contributed by atoms with Crippen molar-refractivity contribution in [1.29, 1.82) is 0 Å². The number of hydrogen-bond donors (Lipinski definition) is 0. The smallest absolute Gasteiger partial charge is 0.0946 e. The molecule has 12 aliphatic carbocycles. The fourth-order valence-electron chi connectivity index (χ4n) is 16.0. The quantitative estimate of drug-likeness (QED) is 0.269. The third-order valence-corrected chi connectivity index (χ3v) is 16.2. The third kappa shape index (κ3) is 2.03. The van der Waals surface area contributed by atoms with Gasteiger partial charge in [0.05, 0.1) is 25.3 Å². The SMILES string of the molecule is O.O.O.O.c1cn(CC23C4C5C2C2C3C4C52Cn2ccnc2)cn1.c1cn(CC23C4C5C2C2C3C4C52Cn2ccnc2)cn1. The van der Waals surface area contributed by atoms with Crippen molar-refractivity contribution in [3.05, 3.63) is 74.9 Å². The van der Waals surface area contributed by atoms with E-state index in [4.69, 9.17) is 0 Å². The average Bonchev–Trinajstić information content (AvgIpc) is 3.82. The van der Waals surface area contributed by atoms with Crippen LogP contribution in [0.25, 0.3) is 0 Å². The van der Waals surface area contributed by atoms with Crippen molar-refractivity contribution in [2.45, 2.75) is 26.2 Å². The molecule has 4 aromatic heterocycles. The van der Waals surface area contributed by atoms with Crippen LogP contribution in [0.4, 0.5) is 0 Å². The van der Waals surface area contributed by atoms with Gasteiger partial charge in [0.2, 0.25) is 0 Å². The molecule has 12 fully saturated rings. The van der Waals surface area contributed by atoms with Crippen molar-refractivity contribution in [3.63, 3.8) is 0 Å². The highest BCUT2D eigenvalue weighted by molar-refractivity contribution is 5.55. The van der Waals surface area contributed by atoms with Crippen molar-refractivity contribution in [2.24, 2.45) is 92.7 Å². The van der Waals surface area contributed by atoms with Crippen LogP contribution >= 0.6 is 0 Å². The second kappa shape index (κ2) is 7.55. The van der Waals surface area contributed by atoms with Crippen molar-refractivity contribution in [1.82, 2.24) is 38.2 Å². The summed E-state index contributed by atoms with van der Waals surface area (Å²) in [6.07, 6.45) is 24.3. The molecule has 16 rings (SSSR count). The average molecular weight is 601 g/mol. The molecule has 44 heavy (non-hydrogen) atoms. The van der Waals surface area contributed by atoms with E-state index >= 15 is 0 Å². The van der Waals surface area contributed by atoms with E-state index in [-0.39, 0.29) is 21.9 Å². The van der Waals surface area contributed by atoms with E-state index in [9.17, 15) is 0 Å². The van der Waals surface area contributed by atoms with Crippen LogP contribution in [0.1, 0.15) is 0 Å². The van der Waals surface area contributed by atoms with Gasteiger partial charge in [-0.15, -0.1) is 0 Å². The van der Waals surface area contributed by atoms with E-state index in [1.165, 1.54) is 26.2 Å². The van der Waals surface area contributed by atoms with Gasteiger partial charge in [-0.05, 0) is 92.7 Å². The Morgan fingerprint density at radius 1 is 0.341 bits per heavy atom. The molecular weight excluding hydrogens is 560 g/mol. The molecule has 232 valence electrons. The summed E-state index contributed by atoms with van der Waals surface area (Å²) >= 11 is 0. The highest BCUT2D eigenvalue weighted by Gasteiger charge is 3.10. The summed E-state index contributed by atoms with van der Waals surface area (Å²) in [5.41, 5.74) is 2.88. The minimum Gasteiger partial charge on any atom is -0.412 e. The molecule has 4 heterocycles. The van der Waals surface area contributed by atoms with Crippen LogP contribution < -0.4 is 0 Å². The number of rotatable bonds is 8. The largest absolute Gasteiger partial charge is 0.412 e. The first-order valence-corrected chi connectivity index (χ1v) is 15.6. The standard InChI is InChI=1S/2C16H16N4.4H2O/c2*1-3-19(7-17-1)5-15-9-12-10(15)14-11(15)13(9)16(12,14)6-20-4-2-18-8-20;;;;/h2*1-4,7-14H,5-6H2;4*1H2. The molecule has 0 amide bonds. The van der Waals surface area contributed by atoms with Gasteiger partial charge in [-0.25, -0.2) is 19.9 Å². The highest BCUT2D eigenvalue weighted by atomic mass is 16.0. The first-order chi connectivity index (χ1) is 19.8. The minimum absolute atomic E-state index is 0. The topological polar surface area (TPSA) is 197 Å². The van der Waals surface area contributed by atoms with Gasteiger partial charge in [-0.1, -0.05) is 0 Å². The monoisotopic (exact) mass is 600 g/mol. The van der Waals surface area contributed by atoms with Gasteiger partial charge >= 0.3 is 0 Å². The number of hydrogen-bond acceptors (Lipinski definition) is 4. The fraction of sp³-hybridized carbons (Fsp3) is 0.625. The molecule has 0 aliphatic heterocycles. The Morgan fingerprint density at radius 2 is 0.523 bits per heavy atom. The Balaban J connectivity index is 0.000000113. The maximum absolute atomic E-state index is 4.21. The molecular formula is C32H40N8O4. The van der Waals surface area contributed by atoms with Crippen LogP contribution in [0.2, 0.25) is 0 Å². The van der Waals surface area contributed by atoms with Crippen LogP contribution in [0.3, 0.4) is 0 Å². The zero-order chi connectivity index (χ0) is 25.4. The van der Waals surface area contributed by atoms with Crippen molar-refractivity contribution in [3.8, 4) is 0 Å². The van der Waals surface area contributed by atoms with Gasteiger partial charge in [0.1, 0.15) is 0 Å². The molecule has 0 saturated heterocycles. The van der Waals surface area contributed by atoms with Gasteiger partial charge in [0, 0.05) is 75.8 Å². The Labute approximate surface area is 253 Å². The molecule has 0 bridgehead atoms. The van der Waals surface area contributed by atoms with Crippen LogP contribution in [0.15, 0.2) is 74.9 Å². The molecule has 0 unspecified atom stereocenters. The summed E-state index contributed by atoms with van der Waals surface area (Å²) in [6, 6.07) is 0. The van der Waals surface area contributed by atoms with Crippen LogP contribution in [-0.4, -0.2) is 60.1 Å². The van der Waals surface area contributed by atoms with Gasteiger partial charge in [0.25, 0.3) is 0 Å². The molecule has 8 N–H and O–H groups in total. The molecule has 0 aromatic carbocycles. The zero-order valence-electron chi connectivity index (χ0n) is 24.3. The van der Waals surface area contributed by atoms with Crippen LogP contribution in [0, 0.1) is 92.7 Å².